The average Bonchev–Trinajstić information content (AvgIpc) is 2.28. The number of hydrogen-bond donors (Lipinski definition) is 3. The van der Waals surface area contributed by atoms with Gasteiger partial charge in [-0.15, -0.1) is 0 Å². The number of aromatic hydroxyl groups is 2. The molecule has 2 unspecified atom stereocenters. The van der Waals surface area contributed by atoms with Crippen LogP contribution in [0.4, 0.5) is 0 Å². The van der Waals surface area contributed by atoms with Gasteiger partial charge in [0.25, 0.3) is 0 Å². The first-order valence-corrected chi connectivity index (χ1v) is 5.78. The molecule has 0 amide bonds. The molecule has 0 fully saturated rings. The van der Waals surface area contributed by atoms with Crippen molar-refractivity contribution in [2.45, 2.75) is 32.4 Å². The fourth-order valence-electron chi connectivity index (χ4n) is 1.81. The standard InChI is InChI=1S/C13H19NO4/c1-8(6-13(17)18-3)14-9(2)11-5-4-10(15)7-12(11)16/h4-5,7-9,14-16H,6H2,1-3H3. The van der Waals surface area contributed by atoms with Crippen molar-refractivity contribution in [3.05, 3.63) is 23.8 Å². The Bertz CT molecular complexity index is 419. The molecule has 0 heterocycles. The molecule has 1 rings (SSSR count). The van der Waals surface area contributed by atoms with Gasteiger partial charge < -0.3 is 20.3 Å². The topological polar surface area (TPSA) is 78.8 Å². The van der Waals surface area contributed by atoms with E-state index in [0.717, 1.165) is 0 Å². The predicted octanol–water partition coefficient (Wildman–Crippen LogP) is 1.70. The summed E-state index contributed by atoms with van der Waals surface area (Å²) >= 11 is 0. The smallest absolute Gasteiger partial charge is 0.307 e. The highest BCUT2D eigenvalue weighted by atomic mass is 16.5. The van der Waals surface area contributed by atoms with E-state index >= 15 is 0 Å². The summed E-state index contributed by atoms with van der Waals surface area (Å²) in [6.45, 7) is 3.74. The van der Waals surface area contributed by atoms with Crippen molar-refractivity contribution in [1.82, 2.24) is 5.32 Å². The summed E-state index contributed by atoms with van der Waals surface area (Å²) < 4.78 is 4.59. The van der Waals surface area contributed by atoms with Crippen LogP contribution < -0.4 is 5.32 Å². The zero-order valence-corrected chi connectivity index (χ0v) is 10.8. The molecule has 5 nitrogen and oxygen atoms in total. The van der Waals surface area contributed by atoms with Gasteiger partial charge in [-0.25, -0.2) is 0 Å². The van der Waals surface area contributed by atoms with E-state index in [1.165, 1.54) is 19.2 Å². The van der Waals surface area contributed by atoms with Gasteiger partial charge in [-0.3, -0.25) is 4.79 Å². The van der Waals surface area contributed by atoms with E-state index in [2.05, 4.69) is 10.1 Å². The zero-order chi connectivity index (χ0) is 13.7. The summed E-state index contributed by atoms with van der Waals surface area (Å²) in [7, 11) is 1.35. The van der Waals surface area contributed by atoms with E-state index in [4.69, 9.17) is 0 Å². The van der Waals surface area contributed by atoms with E-state index in [-0.39, 0.29) is 36.0 Å². The second kappa shape index (κ2) is 6.26. The van der Waals surface area contributed by atoms with Crippen LogP contribution in [-0.4, -0.2) is 29.3 Å². The quantitative estimate of drug-likeness (QED) is 0.696. The lowest BCUT2D eigenvalue weighted by atomic mass is 10.1. The number of methoxy groups -OCH3 is 1. The first kappa shape index (κ1) is 14.3. The highest BCUT2D eigenvalue weighted by molar-refractivity contribution is 5.69. The van der Waals surface area contributed by atoms with Crippen LogP contribution in [0.3, 0.4) is 0 Å². The van der Waals surface area contributed by atoms with Crippen LogP contribution in [0.15, 0.2) is 18.2 Å². The Balaban J connectivity index is 2.64. The summed E-state index contributed by atoms with van der Waals surface area (Å²) in [5.74, 6) is -0.233. The molecule has 2 atom stereocenters. The monoisotopic (exact) mass is 253 g/mol. The van der Waals surface area contributed by atoms with Gasteiger partial charge in [-0.05, 0) is 19.9 Å². The molecule has 0 aliphatic rings. The number of phenolic OH excluding ortho intramolecular Hbond substituents is 2. The normalized spacial score (nSPS) is 13.9. The number of carbonyl (C=O) groups excluding carboxylic acids is 1. The molecule has 0 aromatic heterocycles. The Morgan fingerprint density at radius 1 is 1.39 bits per heavy atom. The number of benzene rings is 1. The SMILES string of the molecule is COC(=O)CC(C)NC(C)c1ccc(O)cc1O. The van der Waals surface area contributed by atoms with E-state index in [0.29, 0.717) is 5.56 Å². The van der Waals surface area contributed by atoms with Crippen molar-refractivity contribution in [3.63, 3.8) is 0 Å². The van der Waals surface area contributed by atoms with Crippen LogP contribution in [0, 0.1) is 0 Å². The van der Waals surface area contributed by atoms with Gasteiger partial charge in [-0.2, -0.15) is 0 Å². The second-order valence-corrected chi connectivity index (χ2v) is 4.31. The van der Waals surface area contributed by atoms with Crippen molar-refractivity contribution < 1.29 is 19.7 Å². The highest BCUT2D eigenvalue weighted by Crippen LogP contribution is 2.28. The van der Waals surface area contributed by atoms with E-state index < -0.39 is 0 Å². The molecular weight excluding hydrogens is 234 g/mol. The number of ether oxygens (including phenoxy) is 1. The predicted molar refractivity (Wildman–Crippen MR) is 67.4 cm³/mol. The lowest BCUT2D eigenvalue weighted by molar-refractivity contribution is -0.141. The Kier molecular flexibility index (Phi) is 4.97. The number of esters is 1. The molecule has 3 N–H and O–H groups in total. The molecule has 100 valence electrons. The maximum absolute atomic E-state index is 11.1. The van der Waals surface area contributed by atoms with Crippen molar-refractivity contribution in [2.24, 2.45) is 0 Å². The third kappa shape index (κ3) is 3.92. The largest absolute Gasteiger partial charge is 0.508 e. The second-order valence-electron chi connectivity index (χ2n) is 4.31. The van der Waals surface area contributed by atoms with Crippen LogP contribution >= 0.6 is 0 Å². The molecule has 0 bridgehead atoms. The average molecular weight is 253 g/mol. The summed E-state index contributed by atoms with van der Waals surface area (Å²) in [6, 6.07) is 4.25. The van der Waals surface area contributed by atoms with Gasteiger partial charge in [0.1, 0.15) is 11.5 Å². The molecule has 18 heavy (non-hydrogen) atoms. The number of hydrogen-bond acceptors (Lipinski definition) is 5. The van der Waals surface area contributed by atoms with Crippen LogP contribution in [0.1, 0.15) is 31.9 Å². The zero-order valence-electron chi connectivity index (χ0n) is 10.8. The highest BCUT2D eigenvalue weighted by Gasteiger charge is 2.15. The lowest BCUT2D eigenvalue weighted by Gasteiger charge is -2.20. The third-order valence-electron chi connectivity index (χ3n) is 2.72. The lowest BCUT2D eigenvalue weighted by Crippen LogP contribution is -2.31. The first-order valence-electron chi connectivity index (χ1n) is 5.78. The summed E-state index contributed by atoms with van der Waals surface area (Å²) in [6.07, 6.45) is 0.264. The van der Waals surface area contributed by atoms with E-state index in [9.17, 15) is 15.0 Å². The van der Waals surface area contributed by atoms with Crippen LogP contribution in [0.2, 0.25) is 0 Å². The van der Waals surface area contributed by atoms with Crippen molar-refractivity contribution in [2.75, 3.05) is 7.11 Å². The minimum atomic E-state index is -0.280. The maximum Gasteiger partial charge on any atom is 0.307 e. The van der Waals surface area contributed by atoms with Crippen molar-refractivity contribution >= 4 is 5.97 Å². The van der Waals surface area contributed by atoms with Gasteiger partial charge in [0.2, 0.25) is 0 Å². The molecule has 5 heteroatoms. The number of carbonyl (C=O) groups is 1. The Morgan fingerprint density at radius 2 is 2.06 bits per heavy atom. The summed E-state index contributed by atoms with van der Waals surface area (Å²) in [4.78, 5) is 11.1. The molecule has 0 aliphatic carbocycles. The fourth-order valence-corrected chi connectivity index (χ4v) is 1.81. The van der Waals surface area contributed by atoms with Gasteiger partial charge in [0.05, 0.1) is 13.5 Å². The molecule has 1 aromatic carbocycles. The van der Waals surface area contributed by atoms with Crippen LogP contribution in [0.5, 0.6) is 11.5 Å². The van der Waals surface area contributed by atoms with Crippen molar-refractivity contribution in [1.29, 1.82) is 0 Å². The van der Waals surface area contributed by atoms with Gasteiger partial charge in [0, 0.05) is 23.7 Å². The number of rotatable bonds is 5. The van der Waals surface area contributed by atoms with Crippen LogP contribution in [-0.2, 0) is 9.53 Å². The maximum atomic E-state index is 11.1. The van der Waals surface area contributed by atoms with Crippen molar-refractivity contribution in [3.8, 4) is 11.5 Å². The molecule has 0 spiro atoms. The van der Waals surface area contributed by atoms with Gasteiger partial charge >= 0.3 is 5.97 Å². The molecule has 1 aromatic rings. The minimum absolute atomic E-state index is 0.0195. The van der Waals surface area contributed by atoms with Crippen LogP contribution in [0.25, 0.3) is 0 Å². The Labute approximate surface area is 106 Å². The fraction of sp³-hybridized carbons (Fsp3) is 0.462. The van der Waals surface area contributed by atoms with Gasteiger partial charge in [0.15, 0.2) is 0 Å². The summed E-state index contributed by atoms with van der Waals surface area (Å²) in [5, 5.41) is 22.1. The number of nitrogens with one attached hydrogen (secondary N) is 1. The third-order valence-corrected chi connectivity index (χ3v) is 2.72. The van der Waals surface area contributed by atoms with E-state index in [1.807, 2.05) is 13.8 Å². The number of phenols is 2. The first-order chi connectivity index (χ1) is 8.43. The molecule has 0 saturated heterocycles. The molecule has 0 aliphatic heterocycles. The summed E-state index contributed by atoms with van der Waals surface area (Å²) in [5.41, 5.74) is 0.671. The van der Waals surface area contributed by atoms with Gasteiger partial charge in [-0.1, -0.05) is 6.07 Å². The molecule has 0 saturated carbocycles. The Hall–Kier alpha value is -1.75. The molecular formula is C13H19NO4. The Morgan fingerprint density at radius 3 is 2.61 bits per heavy atom. The molecule has 0 radical (unpaired) electrons. The van der Waals surface area contributed by atoms with E-state index in [1.54, 1.807) is 6.07 Å². The minimum Gasteiger partial charge on any atom is -0.508 e.